The molecule has 2 atom stereocenters. The quantitative estimate of drug-likeness (QED) is 0.220. The lowest BCUT2D eigenvalue weighted by Crippen LogP contribution is -2.42. The Morgan fingerprint density at radius 3 is 2.38 bits per heavy atom. The average Bonchev–Trinajstić information content (AvgIpc) is 2.83. The molecule has 1 N–H and O–H groups in total. The Hall–Kier alpha value is -2.68. The molecule has 0 saturated carbocycles. The van der Waals surface area contributed by atoms with Crippen molar-refractivity contribution in [3.8, 4) is 11.1 Å². The molecule has 0 unspecified atom stereocenters. The van der Waals surface area contributed by atoms with Crippen LogP contribution in [-0.4, -0.2) is 69.1 Å². The number of rotatable bonds is 14. The van der Waals surface area contributed by atoms with Gasteiger partial charge in [0.15, 0.2) is 0 Å². The van der Waals surface area contributed by atoms with Crippen LogP contribution in [0.15, 0.2) is 42.5 Å². The minimum absolute atomic E-state index is 0.266. The van der Waals surface area contributed by atoms with E-state index in [1.807, 2.05) is 43.3 Å². The molecule has 0 spiro atoms. The van der Waals surface area contributed by atoms with Crippen LogP contribution in [0, 0.1) is 11.7 Å². The first-order valence-electron chi connectivity index (χ1n) is 13.3. The molecule has 0 aliphatic heterocycles. The largest absolute Gasteiger partial charge is 0.466 e. The van der Waals surface area contributed by atoms with Gasteiger partial charge >= 0.3 is 12.1 Å². The maximum absolute atomic E-state index is 14.3. The van der Waals surface area contributed by atoms with Gasteiger partial charge in [0.05, 0.1) is 19.1 Å². The van der Waals surface area contributed by atoms with Crippen molar-refractivity contribution in [1.82, 2.24) is 10.2 Å². The topological polar surface area (TPSA) is 77.1 Å². The predicted molar refractivity (Wildman–Crippen MR) is 152 cm³/mol. The predicted octanol–water partition coefficient (Wildman–Crippen LogP) is 6.12. The second kappa shape index (κ2) is 15.8. The highest BCUT2D eigenvalue weighted by atomic mass is 35.5. The smallest absolute Gasteiger partial charge is 0.407 e. The van der Waals surface area contributed by atoms with Gasteiger partial charge in [0.1, 0.15) is 11.4 Å². The van der Waals surface area contributed by atoms with Gasteiger partial charge in [-0.15, -0.1) is 0 Å². The third-order valence-corrected chi connectivity index (χ3v) is 6.11. The Balaban J connectivity index is 2.20. The molecule has 2 aromatic carbocycles. The van der Waals surface area contributed by atoms with Gasteiger partial charge in [0, 0.05) is 29.8 Å². The maximum atomic E-state index is 14.3. The van der Waals surface area contributed by atoms with Gasteiger partial charge in [-0.05, 0) is 90.4 Å². The minimum atomic E-state index is -0.669. The zero-order chi connectivity index (χ0) is 29.0. The Kier molecular flexibility index (Phi) is 13.2. The summed E-state index contributed by atoms with van der Waals surface area (Å²) in [5.74, 6) is -1.15. The normalized spacial score (nSPS) is 13.2. The number of carbonyl (C=O) groups excluding carboxylic acids is 2. The SMILES string of the molecule is CCOC(=O)[C@H](CCOCCN(C)C)C[C@@H](Cc1ccc(-c2cc(Cl)ccc2F)cc1)NC(=O)OC(C)(C)C. The molecule has 0 aliphatic carbocycles. The second-order valence-electron chi connectivity index (χ2n) is 10.8. The van der Waals surface area contributed by atoms with Crippen molar-refractivity contribution in [1.29, 1.82) is 0 Å². The number of amides is 1. The highest BCUT2D eigenvalue weighted by molar-refractivity contribution is 6.30. The lowest BCUT2D eigenvalue weighted by atomic mass is 9.92. The van der Waals surface area contributed by atoms with Crippen LogP contribution in [0.1, 0.15) is 46.1 Å². The standard InChI is InChI=1S/C30H42ClFN2O5/c1-7-38-28(35)23(14-16-37-17-15-34(5)6)19-25(33-29(36)39-30(2,3)4)18-21-8-10-22(11-9-21)26-20-24(31)12-13-27(26)32/h8-13,20,23,25H,7,14-19H2,1-6H3,(H,33,36)/t23-,25-/m1/s1. The monoisotopic (exact) mass is 564 g/mol. The van der Waals surface area contributed by atoms with Gasteiger partial charge in [-0.3, -0.25) is 4.79 Å². The van der Waals surface area contributed by atoms with Crippen molar-refractivity contribution < 1.29 is 28.2 Å². The van der Waals surface area contributed by atoms with E-state index in [1.54, 1.807) is 33.8 Å². The molecule has 0 fully saturated rings. The molecule has 1 amide bonds. The first-order valence-corrected chi connectivity index (χ1v) is 13.7. The molecule has 0 aliphatic rings. The maximum Gasteiger partial charge on any atom is 0.407 e. The highest BCUT2D eigenvalue weighted by Crippen LogP contribution is 2.27. The fourth-order valence-electron chi connectivity index (χ4n) is 4.00. The van der Waals surface area contributed by atoms with Crippen LogP contribution in [0.5, 0.6) is 0 Å². The number of halogens is 2. The fraction of sp³-hybridized carbons (Fsp3) is 0.533. The van der Waals surface area contributed by atoms with Crippen molar-refractivity contribution >= 4 is 23.7 Å². The first-order chi connectivity index (χ1) is 18.4. The molecule has 7 nitrogen and oxygen atoms in total. The van der Waals surface area contributed by atoms with Gasteiger partial charge in [0.25, 0.3) is 0 Å². The summed E-state index contributed by atoms with van der Waals surface area (Å²) in [5, 5.41) is 3.39. The lowest BCUT2D eigenvalue weighted by molar-refractivity contribution is -0.149. The average molecular weight is 565 g/mol. The van der Waals surface area contributed by atoms with Crippen molar-refractivity contribution in [2.45, 2.75) is 58.6 Å². The first kappa shape index (κ1) is 32.5. The van der Waals surface area contributed by atoms with Crippen molar-refractivity contribution in [2.75, 3.05) is 40.5 Å². The van der Waals surface area contributed by atoms with E-state index < -0.39 is 23.7 Å². The van der Waals surface area contributed by atoms with Crippen LogP contribution < -0.4 is 5.32 Å². The van der Waals surface area contributed by atoms with Crippen LogP contribution in [0.3, 0.4) is 0 Å². The molecule has 0 bridgehead atoms. The Bertz CT molecular complexity index is 1060. The van der Waals surface area contributed by atoms with Crippen LogP contribution in [-0.2, 0) is 25.4 Å². The molecule has 0 heterocycles. The number of nitrogens with one attached hydrogen (secondary N) is 1. The Labute approximate surface area is 236 Å². The summed E-state index contributed by atoms with van der Waals surface area (Å²) < 4.78 is 30.9. The number of benzene rings is 2. The Morgan fingerprint density at radius 1 is 1.08 bits per heavy atom. The summed E-state index contributed by atoms with van der Waals surface area (Å²) in [5.41, 5.74) is 1.34. The fourth-order valence-corrected chi connectivity index (χ4v) is 4.17. The summed E-state index contributed by atoms with van der Waals surface area (Å²) >= 11 is 6.06. The van der Waals surface area contributed by atoms with E-state index in [-0.39, 0.29) is 18.4 Å². The van der Waals surface area contributed by atoms with Crippen LogP contribution in [0.25, 0.3) is 11.1 Å². The number of hydrogen-bond donors (Lipinski definition) is 1. The van der Waals surface area contributed by atoms with E-state index in [0.717, 1.165) is 12.1 Å². The summed E-state index contributed by atoms with van der Waals surface area (Å²) in [4.78, 5) is 27.5. The zero-order valence-corrected chi connectivity index (χ0v) is 24.6. The van der Waals surface area contributed by atoms with E-state index in [2.05, 4.69) is 5.32 Å². The van der Waals surface area contributed by atoms with E-state index in [9.17, 15) is 14.0 Å². The molecule has 2 aromatic rings. The van der Waals surface area contributed by atoms with Gasteiger partial charge in [0.2, 0.25) is 0 Å². The molecule has 0 aromatic heterocycles. The highest BCUT2D eigenvalue weighted by Gasteiger charge is 2.27. The molecule has 0 saturated heterocycles. The molecular weight excluding hydrogens is 523 g/mol. The molecule has 9 heteroatoms. The van der Waals surface area contributed by atoms with Crippen LogP contribution in [0.4, 0.5) is 9.18 Å². The molecule has 2 rings (SSSR count). The molecule has 216 valence electrons. The van der Waals surface area contributed by atoms with E-state index >= 15 is 0 Å². The number of alkyl carbamates (subject to hydrolysis) is 1. The van der Waals surface area contributed by atoms with E-state index in [1.165, 1.54) is 12.1 Å². The van der Waals surface area contributed by atoms with E-state index in [0.29, 0.717) is 48.6 Å². The van der Waals surface area contributed by atoms with Gasteiger partial charge < -0.3 is 24.4 Å². The summed E-state index contributed by atoms with van der Waals surface area (Å²) in [6.45, 7) is 9.15. The third-order valence-electron chi connectivity index (χ3n) is 5.88. The number of nitrogens with zero attached hydrogens (tertiary/aromatic N) is 1. The minimum Gasteiger partial charge on any atom is -0.466 e. The number of ether oxygens (including phenoxy) is 3. The van der Waals surface area contributed by atoms with Crippen molar-refractivity contribution in [3.63, 3.8) is 0 Å². The summed E-state index contributed by atoms with van der Waals surface area (Å²) in [6.07, 6.45) is 0.690. The number of carbonyl (C=O) groups is 2. The van der Waals surface area contributed by atoms with Crippen LogP contribution >= 0.6 is 11.6 Å². The zero-order valence-electron chi connectivity index (χ0n) is 23.9. The van der Waals surface area contributed by atoms with Crippen LogP contribution in [0.2, 0.25) is 5.02 Å². The van der Waals surface area contributed by atoms with E-state index in [4.69, 9.17) is 25.8 Å². The molecule has 39 heavy (non-hydrogen) atoms. The third kappa shape index (κ3) is 12.4. The lowest BCUT2D eigenvalue weighted by Gasteiger charge is -2.26. The number of esters is 1. The van der Waals surface area contributed by atoms with Gasteiger partial charge in [-0.25, -0.2) is 9.18 Å². The van der Waals surface area contributed by atoms with Gasteiger partial charge in [-0.2, -0.15) is 0 Å². The summed E-state index contributed by atoms with van der Waals surface area (Å²) in [7, 11) is 3.94. The van der Waals surface area contributed by atoms with Gasteiger partial charge in [-0.1, -0.05) is 35.9 Å². The molecule has 0 radical (unpaired) electrons. The van der Waals surface area contributed by atoms with Crippen molar-refractivity contribution in [3.05, 3.63) is 58.9 Å². The second-order valence-corrected chi connectivity index (χ2v) is 11.2. The molecular formula is C30H42ClFN2O5. The van der Waals surface area contributed by atoms with Crippen molar-refractivity contribution in [2.24, 2.45) is 5.92 Å². The number of likely N-dealkylation sites (N-methyl/N-ethyl adjacent to an activating group) is 1. The number of hydrogen-bond acceptors (Lipinski definition) is 6. The Morgan fingerprint density at radius 2 is 1.77 bits per heavy atom. The summed E-state index contributed by atoms with van der Waals surface area (Å²) in [6, 6.07) is 11.4.